The fraction of sp³-hybridized carbons (Fsp3) is 0.222. The highest BCUT2D eigenvalue weighted by Crippen LogP contribution is 2.20. The van der Waals surface area contributed by atoms with Gasteiger partial charge in [0.1, 0.15) is 0 Å². The summed E-state index contributed by atoms with van der Waals surface area (Å²) in [5.41, 5.74) is 1.07. The third kappa shape index (κ3) is 0.897. The number of hydrogen-bond donors (Lipinski definition) is 0. The first-order valence-electron chi connectivity index (χ1n) is 3.85. The first-order valence-corrected chi connectivity index (χ1v) is 3.85. The summed E-state index contributed by atoms with van der Waals surface area (Å²) in [5.74, 6) is -0.347. The largest absolute Gasteiger partial charge is 0.353 e. The van der Waals surface area contributed by atoms with Gasteiger partial charge in [0, 0.05) is 5.39 Å². The van der Waals surface area contributed by atoms with Crippen LogP contribution in [0.4, 0.5) is 4.39 Å². The van der Waals surface area contributed by atoms with Crippen molar-refractivity contribution in [2.45, 2.75) is 13.3 Å². The Morgan fingerprint density at radius 1 is 1.50 bits per heavy atom. The molecule has 0 aliphatic rings. The molecular formula is C9H8FNO. The fourth-order valence-electron chi connectivity index (χ4n) is 1.23. The highest BCUT2D eigenvalue weighted by atomic mass is 19.1. The van der Waals surface area contributed by atoms with Gasteiger partial charge in [0.15, 0.2) is 5.82 Å². The number of nitrogens with zero attached hydrogens (tertiary/aromatic N) is 1. The molecule has 0 bridgehead atoms. The van der Waals surface area contributed by atoms with Crippen LogP contribution >= 0.6 is 0 Å². The van der Waals surface area contributed by atoms with Crippen LogP contribution in [0.2, 0.25) is 0 Å². The lowest BCUT2D eigenvalue weighted by molar-refractivity contribution is 0.432. The van der Waals surface area contributed by atoms with E-state index in [2.05, 4.69) is 5.16 Å². The Bertz CT molecular complexity index is 408. The maximum Gasteiger partial charge on any atom is 0.202 e. The van der Waals surface area contributed by atoms with Gasteiger partial charge in [-0.15, -0.1) is 0 Å². The second kappa shape index (κ2) is 2.59. The molecule has 0 saturated heterocycles. The van der Waals surface area contributed by atoms with Crippen LogP contribution in [0.3, 0.4) is 0 Å². The molecule has 12 heavy (non-hydrogen) atoms. The van der Waals surface area contributed by atoms with E-state index in [4.69, 9.17) is 4.52 Å². The van der Waals surface area contributed by atoms with Gasteiger partial charge in [0.25, 0.3) is 0 Å². The van der Waals surface area contributed by atoms with Gasteiger partial charge in [0.2, 0.25) is 5.58 Å². The maximum absolute atomic E-state index is 13.0. The van der Waals surface area contributed by atoms with Crippen molar-refractivity contribution in [3.8, 4) is 0 Å². The molecule has 0 aliphatic heterocycles. The molecule has 1 heterocycles. The number of hydrogen-bond acceptors (Lipinski definition) is 2. The van der Waals surface area contributed by atoms with Crippen molar-refractivity contribution in [1.82, 2.24) is 5.16 Å². The van der Waals surface area contributed by atoms with Crippen molar-refractivity contribution < 1.29 is 8.91 Å². The van der Waals surface area contributed by atoms with E-state index in [-0.39, 0.29) is 11.4 Å². The molecule has 2 nitrogen and oxygen atoms in total. The van der Waals surface area contributed by atoms with E-state index in [0.717, 1.165) is 17.5 Å². The van der Waals surface area contributed by atoms with E-state index in [1.807, 2.05) is 13.0 Å². The van der Waals surface area contributed by atoms with Crippen LogP contribution in [0.1, 0.15) is 12.6 Å². The number of rotatable bonds is 1. The molecule has 0 saturated carbocycles. The summed E-state index contributed by atoms with van der Waals surface area (Å²) >= 11 is 0. The number of halogens is 1. The zero-order chi connectivity index (χ0) is 8.55. The summed E-state index contributed by atoms with van der Waals surface area (Å²) in [6.45, 7) is 1.96. The van der Waals surface area contributed by atoms with Crippen molar-refractivity contribution in [3.63, 3.8) is 0 Å². The molecule has 0 aliphatic carbocycles. The Morgan fingerprint density at radius 2 is 2.33 bits per heavy atom. The minimum Gasteiger partial charge on any atom is -0.353 e. The normalized spacial score (nSPS) is 10.8. The molecule has 0 spiro atoms. The first kappa shape index (κ1) is 7.28. The number of para-hydroxylation sites is 1. The second-order valence-electron chi connectivity index (χ2n) is 2.60. The summed E-state index contributed by atoms with van der Waals surface area (Å²) in [4.78, 5) is 0. The van der Waals surface area contributed by atoms with Crippen LogP contribution in [0.5, 0.6) is 0 Å². The smallest absolute Gasteiger partial charge is 0.202 e. The minimum atomic E-state index is -0.347. The van der Waals surface area contributed by atoms with Gasteiger partial charge in [-0.25, -0.2) is 4.39 Å². The average molecular weight is 165 g/mol. The second-order valence-corrected chi connectivity index (χ2v) is 2.60. The van der Waals surface area contributed by atoms with E-state index >= 15 is 0 Å². The molecular weight excluding hydrogens is 157 g/mol. The van der Waals surface area contributed by atoms with Gasteiger partial charge in [-0.2, -0.15) is 0 Å². The zero-order valence-corrected chi connectivity index (χ0v) is 6.67. The molecule has 2 rings (SSSR count). The van der Waals surface area contributed by atoms with Gasteiger partial charge in [-0.3, -0.25) is 0 Å². The van der Waals surface area contributed by atoms with Crippen molar-refractivity contribution in [3.05, 3.63) is 29.7 Å². The quantitative estimate of drug-likeness (QED) is 0.649. The summed E-state index contributed by atoms with van der Waals surface area (Å²) in [6, 6.07) is 4.84. The van der Waals surface area contributed by atoms with Gasteiger partial charge >= 0.3 is 0 Å². The Labute approximate surface area is 69.0 Å². The molecule has 0 radical (unpaired) electrons. The van der Waals surface area contributed by atoms with E-state index < -0.39 is 0 Å². The fourth-order valence-corrected chi connectivity index (χ4v) is 1.23. The Hall–Kier alpha value is -1.38. The summed E-state index contributed by atoms with van der Waals surface area (Å²) in [7, 11) is 0. The van der Waals surface area contributed by atoms with Crippen molar-refractivity contribution in [1.29, 1.82) is 0 Å². The molecule has 1 aromatic heterocycles. The van der Waals surface area contributed by atoms with Crippen molar-refractivity contribution in [2.24, 2.45) is 0 Å². The molecule has 2 aromatic rings. The van der Waals surface area contributed by atoms with Crippen LogP contribution in [-0.4, -0.2) is 5.16 Å². The molecule has 0 fully saturated rings. The highest BCUT2D eigenvalue weighted by molar-refractivity contribution is 5.79. The van der Waals surface area contributed by atoms with Crippen molar-refractivity contribution in [2.75, 3.05) is 0 Å². The number of fused-ring (bicyclic) bond motifs is 1. The van der Waals surface area contributed by atoms with E-state index in [0.29, 0.717) is 0 Å². The summed E-state index contributed by atoms with van der Waals surface area (Å²) in [5, 5.41) is 4.54. The first-order chi connectivity index (χ1) is 5.83. The van der Waals surface area contributed by atoms with Crippen LogP contribution in [0.15, 0.2) is 22.7 Å². The zero-order valence-electron chi connectivity index (χ0n) is 6.67. The maximum atomic E-state index is 13.0. The van der Waals surface area contributed by atoms with Crippen LogP contribution in [0, 0.1) is 5.82 Å². The number of benzene rings is 1. The van der Waals surface area contributed by atoms with Crippen molar-refractivity contribution >= 4 is 11.0 Å². The Balaban J connectivity index is 2.80. The molecule has 0 amide bonds. The predicted octanol–water partition coefficient (Wildman–Crippen LogP) is 2.53. The molecule has 1 aromatic carbocycles. The van der Waals surface area contributed by atoms with Gasteiger partial charge in [0.05, 0.1) is 5.69 Å². The standard InChI is InChI=1S/C9H8FNO/c1-2-8-6-4-3-5-7(10)9(6)12-11-8/h3-5H,2H2,1H3. The molecule has 62 valence electrons. The summed E-state index contributed by atoms with van der Waals surface area (Å²) < 4.78 is 17.8. The average Bonchev–Trinajstić information content (AvgIpc) is 2.49. The van der Waals surface area contributed by atoms with Gasteiger partial charge in [-0.05, 0) is 18.6 Å². The third-order valence-electron chi connectivity index (χ3n) is 1.86. The van der Waals surface area contributed by atoms with E-state index in [1.165, 1.54) is 6.07 Å². The lowest BCUT2D eigenvalue weighted by Crippen LogP contribution is -1.79. The van der Waals surface area contributed by atoms with Crippen LogP contribution < -0.4 is 0 Å². The lowest BCUT2D eigenvalue weighted by atomic mass is 10.2. The SMILES string of the molecule is CCc1noc2c(F)cccc12. The summed E-state index contributed by atoms with van der Waals surface area (Å²) in [6.07, 6.45) is 0.760. The topological polar surface area (TPSA) is 26.0 Å². The van der Waals surface area contributed by atoms with E-state index in [1.54, 1.807) is 6.07 Å². The minimum absolute atomic E-state index is 0.259. The molecule has 3 heteroatoms. The highest BCUT2D eigenvalue weighted by Gasteiger charge is 2.08. The van der Waals surface area contributed by atoms with Crippen LogP contribution in [-0.2, 0) is 6.42 Å². The Kier molecular flexibility index (Phi) is 1.57. The lowest BCUT2D eigenvalue weighted by Gasteiger charge is -1.88. The van der Waals surface area contributed by atoms with Gasteiger partial charge in [-0.1, -0.05) is 18.1 Å². The monoisotopic (exact) mass is 165 g/mol. The predicted molar refractivity (Wildman–Crippen MR) is 43.3 cm³/mol. The van der Waals surface area contributed by atoms with Gasteiger partial charge < -0.3 is 4.52 Å². The third-order valence-corrected chi connectivity index (χ3v) is 1.86. The van der Waals surface area contributed by atoms with E-state index in [9.17, 15) is 4.39 Å². The number of aromatic nitrogens is 1. The number of aryl methyl sites for hydroxylation is 1. The van der Waals surface area contributed by atoms with Crippen LogP contribution in [0.25, 0.3) is 11.0 Å². The Morgan fingerprint density at radius 3 is 3.08 bits per heavy atom. The molecule has 0 atom stereocenters. The molecule has 0 unspecified atom stereocenters. The molecule has 0 N–H and O–H groups in total.